The van der Waals surface area contributed by atoms with Gasteiger partial charge in [-0.2, -0.15) is 0 Å². The van der Waals surface area contributed by atoms with E-state index in [1.807, 2.05) is 22.6 Å². The fraction of sp³-hybridized carbons (Fsp3) is 0.125. The molecule has 0 spiro atoms. The highest BCUT2D eigenvalue weighted by atomic mass is 127. The third-order valence-electron chi connectivity index (χ3n) is 1.22. The van der Waals surface area contributed by atoms with E-state index < -0.39 is 0 Å². The summed E-state index contributed by atoms with van der Waals surface area (Å²) >= 11 is 1.97. The molecule has 62 valence electrons. The molecule has 0 saturated heterocycles. The second-order valence-electron chi connectivity index (χ2n) is 2.22. The molecule has 3 nitrogen and oxygen atoms in total. The first-order chi connectivity index (χ1) is 5.61. The minimum atomic E-state index is -0.351. The van der Waals surface area contributed by atoms with Gasteiger partial charge in [-0.25, -0.2) is 4.99 Å². The van der Waals surface area contributed by atoms with Crippen LogP contribution in [0.2, 0.25) is 0 Å². The van der Waals surface area contributed by atoms with E-state index in [-0.39, 0.29) is 17.4 Å². The molecule has 0 heterocycles. The van der Waals surface area contributed by atoms with E-state index in [1.54, 1.807) is 12.2 Å². The Morgan fingerprint density at radius 1 is 1.58 bits per heavy atom. The summed E-state index contributed by atoms with van der Waals surface area (Å²) in [6, 6.07) is 0. The molecule has 1 amide bonds. The minimum absolute atomic E-state index is 0.211. The highest BCUT2D eigenvalue weighted by Crippen LogP contribution is 2.14. The molecule has 0 aromatic carbocycles. The molecule has 1 rings (SSSR count). The maximum absolute atomic E-state index is 11.1. The number of carbonyl (C=O) groups excluding carboxylic acids is 2. The topological polar surface area (TPSA) is 46.5 Å². The van der Waals surface area contributed by atoms with Crippen LogP contribution >= 0.6 is 22.6 Å². The number of nitrogens with zero attached hydrogens (tertiary/aromatic N) is 1. The van der Waals surface area contributed by atoms with Gasteiger partial charge in [-0.1, -0.05) is 6.08 Å². The van der Waals surface area contributed by atoms with Crippen LogP contribution in [0, 0.1) is 0 Å². The van der Waals surface area contributed by atoms with Crippen molar-refractivity contribution in [3.63, 3.8) is 0 Å². The zero-order chi connectivity index (χ0) is 9.14. The number of ketones is 1. The van der Waals surface area contributed by atoms with Gasteiger partial charge in [-0.05, 0) is 34.7 Å². The number of hydrogen-bond acceptors (Lipinski definition) is 2. The Bertz CT molecular complexity index is 326. The Kier molecular flexibility index (Phi) is 2.91. The second kappa shape index (κ2) is 3.75. The molecule has 0 fully saturated rings. The maximum atomic E-state index is 11.1. The molecule has 1 aliphatic rings. The van der Waals surface area contributed by atoms with Crippen molar-refractivity contribution in [1.82, 2.24) is 0 Å². The van der Waals surface area contributed by atoms with E-state index in [9.17, 15) is 9.59 Å². The summed E-state index contributed by atoms with van der Waals surface area (Å²) in [5, 5.41) is 0. The smallest absolute Gasteiger partial charge is 0.243 e. The molecule has 0 radical (unpaired) electrons. The first-order valence-electron chi connectivity index (χ1n) is 3.29. The Morgan fingerprint density at radius 3 is 2.75 bits per heavy atom. The first-order valence-corrected chi connectivity index (χ1v) is 4.37. The van der Waals surface area contributed by atoms with Gasteiger partial charge < -0.3 is 0 Å². The van der Waals surface area contributed by atoms with Crippen LogP contribution in [0.4, 0.5) is 0 Å². The number of allylic oxidation sites excluding steroid dienone is 4. The molecule has 0 aromatic heterocycles. The Hall–Kier alpha value is -0.780. The van der Waals surface area contributed by atoms with Crippen molar-refractivity contribution in [2.75, 3.05) is 0 Å². The number of carbonyl (C=O) groups is 2. The quantitative estimate of drug-likeness (QED) is 0.496. The lowest BCUT2D eigenvalue weighted by Gasteiger charge is -2.02. The van der Waals surface area contributed by atoms with Gasteiger partial charge in [-0.3, -0.25) is 9.59 Å². The van der Waals surface area contributed by atoms with Gasteiger partial charge in [0.1, 0.15) is 5.71 Å². The van der Waals surface area contributed by atoms with Gasteiger partial charge in [-0.15, -0.1) is 0 Å². The van der Waals surface area contributed by atoms with E-state index >= 15 is 0 Å². The molecule has 0 atom stereocenters. The van der Waals surface area contributed by atoms with Crippen LogP contribution in [0.1, 0.15) is 6.92 Å². The van der Waals surface area contributed by atoms with Crippen molar-refractivity contribution in [1.29, 1.82) is 0 Å². The largest absolute Gasteiger partial charge is 0.287 e. The van der Waals surface area contributed by atoms with Crippen molar-refractivity contribution < 1.29 is 9.59 Å². The van der Waals surface area contributed by atoms with Crippen LogP contribution < -0.4 is 0 Å². The van der Waals surface area contributed by atoms with Crippen molar-refractivity contribution in [2.45, 2.75) is 6.92 Å². The summed E-state index contributed by atoms with van der Waals surface area (Å²) in [6.07, 6.45) is 4.77. The summed E-state index contributed by atoms with van der Waals surface area (Å²) in [5.74, 6) is -0.562. The highest BCUT2D eigenvalue weighted by molar-refractivity contribution is 14.1. The predicted molar refractivity (Wildman–Crippen MR) is 54.4 cm³/mol. The van der Waals surface area contributed by atoms with E-state index in [0.29, 0.717) is 3.58 Å². The van der Waals surface area contributed by atoms with Crippen LogP contribution in [0.15, 0.2) is 26.8 Å². The van der Waals surface area contributed by atoms with Crippen LogP contribution in [0.3, 0.4) is 0 Å². The summed E-state index contributed by atoms with van der Waals surface area (Å²) in [5.41, 5.74) is 0.241. The minimum Gasteiger partial charge on any atom is -0.287 e. The lowest BCUT2D eigenvalue weighted by molar-refractivity contribution is -0.116. The Morgan fingerprint density at radius 2 is 2.25 bits per heavy atom. The van der Waals surface area contributed by atoms with Crippen LogP contribution in [0.5, 0.6) is 0 Å². The molecule has 4 heteroatoms. The van der Waals surface area contributed by atoms with Crippen molar-refractivity contribution in [2.24, 2.45) is 4.99 Å². The summed E-state index contributed by atoms with van der Waals surface area (Å²) in [6.45, 7) is 1.32. The standard InChI is InChI=1S/C8H6INO2/c1-5(11)10-8-6(9)3-2-4-7(8)12/h2-4H,1H3. The molecule has 1 aliphatic carbocycles. The normalized spacial score (nSPS) is 19.7. The monoisotopic (exact) mass is 275 g/mol. The zero-order valence-electron chi connectivity index (χ0n) is 6.37. The summed E-state index contributed by atoms with van der Waals surface area (Å²) in [7, 11) is 0. The van der Waals surface area contributed by atoms with E-state index in [0.717, 1.165) is 0 Å². The maximum Gasteiger partial charge on any atom is 0.243 e. The number of hydrogen-bond donors (Lipinski definition) is 0. The molecule has 0 aromatic rings. The number of aliphatic imine (C=N–C) groups is 1. The highest BCUT2D eigenvalue weighted by Gasteiger charge is 2.14. The molecule has 0 saturated carbocycles. The molecule has 0 unspecified atom stereocenters. The lowest BCUT2D eigenvalue weighted by atomic mass is 10.1. The van der Waals surface area contributed by atoms with Gasteiger partial charge in [0.25, 0.3) is 0 Å². The SMILES string of the molecule is CC(=O)N=C1C(=O)C=CC=C1I. The average molecular weight is 275 g/mol. The van der Waals surface area contributed by atoms with Crippen molar-refractivity contribution in [3.8, 4) is 0 Å². The number of amides is 1. The fourth-order valence-corrected chi connectivity index (χ4v) is 1.36. The van der Waals surface area contributed by atoms with E-state index in [1.165, 1.54) is 13.0 Å². The third-order valence-corrected chi connectivity index (χ3v) is 2.09. The van der Waals surface area contributed by atoms with Crippen molar-refractivity contribution in [3.05, 3.63) is 21.8 Å². The van der Waals surface area contributed by atoms with E-state index in [2.05, 4.69) is 4.99 Å². The fourth-order valence-electron chi connectivity index (χ4n) is 0.762. The van der Waals surface area contributed by atoms with Gasteiger partial charge in [0.15, 0.2) is 0 Å². The van der Waals surface area contributed by atoms with Gasteiger partial charge in [0, 0.05) is 10.5 Å². The van der Waals surface area contributed by atoms with Crippen LogP contribution in [0.25, 0.3) is 0 Å². The molecule has 0 aliphatic heterocycles. The number of rotatable bonds is 0. The van der Waals surface area contributed by atoms with Crippen LogP contribution in [-0.4, -0.2) is 17.4 Å². The predicted octanol–water partition coefficient (Wildman–Crippen LogP) is 1.43. The second-order valence-corrected chi connectivity index (χ2v) is 3.38. The molecule has 0 N–H and O–H groups in total. The van der Waals surface area contributed by atoms with Crippen molar-refractivity contribution >= 4 is 40.0 Å². The average Bonchev–Trinajstić information content (AvgIpc) is 1.97. The summed E-state index contributed by atoms with van der Waals surface area (Å²) < 4.78 is 0.704. The van der Waals surface area contributed by atoms with E-state index in [4.69, 9.17) is 0 Å². The summed E-state index contributed by atoms with van der Waals surface area (Å²) in [4.78, 5) is 25.3. The first kappa shape index (κ1) is 9.31. The van der Waals surface area contributed by atoms with Gasteiger partial charge in [0.2, 0.25) is 11.7 Å². The van der Waals surface area contributed by atoms with Gasteiger partial charge >= 0.3 is 0 Å². The van der Waals surface area contributed by atoms with Crippen LogP contribution in [-0.2, 0) is 9.59 Å². The van der Waals surface area contributed by atoms with Gasteiger partial charge in [0.05, 0.1) is 0 Å². The Balaban J connectivity index is 3.05. The lowest BCUT2D eigenvalue weighted by Crippen LogP contribution is -2.15. The number of halogens is 1. The third kappa shape index (κ3) is 2.10. The Labute approximate surface area is 83.4 Å². The molecular weight excluding hydrogens is 269 g/mol. The molecule has 0 bridgehead atoms. The molecular formula is C8H6INO2. The zero-order valence-corrected chi connectivity index (χ0v) is 8.53. The molecule has 12 heavy (non-hydrogen) atoms.